The van der Waals surface area contributed by atoms with Crippen molar-refractivity contribution in [1.82, 2.24) is 4.57 Å². The van der Waals surface area contributed by atoms with Gasteiger partial charge in [-0.05, 0) is 30.3 Å². The minimum Gasteiger partial charge on any atom is -0.378 e. The van der Waals surface area contributed by atoms with Gasteiger partial charge in [0, 0.05) is 49.6 Å². The van der Waals surface area contributed by atoms with E-state index in [4.69, 9.17) is 0 Å². The average Bonchev–Trinajstić information content (AvgIpc) is 2.92. The lowest BCUT2D eigenvalue weighted by atomic mass is 10.1. The van der Waals surface area contributed by atoms with Gasteiger partial charge in [0.15, 0.2) is 0 Å². The number of amides is 1. The quantitative estimate of drug-likeness (QED) is 0.593. The third kappa shape index (κ3) is 2.88. The molecule has 0 aliphatic heterocycles. The number of para-hydroxylation sites is 1. The molecular weight excluding hydrogens is 302 g/mol. The van der Waals surface area contributed by atoms with Gasteiger partial charge in [-0.2, -0.15) is 0 Å². The monoisotopic (exact) mass is 321 g/mol. The summed E-state index contributed by atoms with van der Waals surface area (Å²) in [6.45, 7) is 0. The molecule has 5 heteroatoms. The molecule has 0 spiro atoms. The van der Waals surface area contributed by atoms with E-state index in [1.165, 1.54) is 0 Å². The Kier molecular flexibility index (Phi) is 4.08. The number of fused-ring (bicyclic) bond motifs is 1. The van der Waals surface area contributed by atoms with Gasteiger partial charge in [0.25, 0.3) is 11.7 Å². The van der Waals surface area contributed by atoms with Crippen molar-refractivity contribution in [2.75, 3.05) is 24.3 Å². The first-order chi connectivity index (χ1) is 11.5. The van der Waals surface area contributed by atoms with Crippen LogP contribution in [0.15, 0.2) is 54.7 Å². The standard InChI is InChI=1S/C19H19N3O2/c1-21(2)14-10-8-13(9-11-14)20-19(24)18(23)16-12-22(3)17-7-5-4-6-15(16)17/h4-12H,1-3H3,(H,20,24). The summed E-state index contributed by atoms with van der Waals surface area (Å²) >= 11 is 0. The van der Waals surface area contributed by atoms with Crippen LogP contribution in [0.4, 0.5) is 11.4 Å². The van der Waals surface area contributed by atoms with E-state index >= 15 is 0 Å². The summed E-state index contributed by atoms with van der Waals surface area (Å²) in [7, 11) is 5.74. The Morgan fingerprint density at radius 3 is 2.33 bits per heavy atom. The highest BCUT2D eigenvalue weighted by molar-refractivity contribution is 6.48. The molecule has 24 heavy (non-hydrogen) atoms. The normalized spacial score (nSPS) is 10.6. The van der Waals surface area contributed by atoms with Gasteiger partial charge in [0.2, 0.25) is 0 Å². The molecule has 1 amide bonds. The largest absolute Gasteiger partial charge is 0.378 e. The SMILES string of the molecule is CN(C)c1ccc(NC(=O)C(=O)c2cn(C)c3ccccc23)cc1. The van der Waals surface area contributed by atoms with Crippen molar-refractivity contribution in [2.24, 2.45) is 7.05 Å². The lowest BCUT2D eigenvalue weighted by Crippen LogP contribution is -2.22. The third-order valence-electron chi connectivity index (χ3n) is 3.99. The van der Waals surface area contributed by atoms with Gasteiger partial charge in [0.1, 0.15) is 0 Å². The van der Waals surface area contributed by atoms with E-state index in [9.17, 15) is 9.59 Å². The molecule has 3 rings (SSSR count). The van der Waals surface area contributed by atoms with Crippen LogP contribution >= 0.6 is 0 Å². The van der Waals surface area contributed by atoms with E-state index in [1.54, 1.807) is 18.3 Å². The topological polar surface area (TPSA) is 54.3 Å². The maximum atomic E-state index is 12.5. The number of hydrogen-bond acceptors (Lipinski definition) is 3. The first-order valence-corrected chi connectivity index (χ1v) is 7.64. The van der Waals surface area contributed by atoms with Crippen molar-refractivity contribution in [3.8, 4) is 0 Å². The van der Waals surface area contributed by atoms with Crippen LogP contribution in [-0.2, 0) is 11.8 Å². The van der Waals surface area contributed by atoms with E-state index in [0.717, 1.165) is 16.6 Å². The van der Waals surface area contributed by atoms with Crippen LogP contribution in [0.25, 0.3) is 10.9 Å². The molecule has 1 aromatic heterocycles. The van der Waals surface area contributed by atoms with Gasteiger partial charge in [-0.3, -0.25) is 9.59 Å². The van der Waals surface area contributed by atoms with Crippen LogP contribution in [0.1, 0.15) is 10.4 Å². The van der Waals surface area contributed by atoms with E-state index < -0.39 is 11.7 Å². The van der Waals surface area contributed by atoms with Gasteiger partial charge in [-0.15, -0.1) is 0 Å². The summed E-state index contributed by atoms with van der Waals surface area (Å²) < 4.78 is 1.85. The second-order valence-electron chi connectivity index (χ2n) is 5.90. The molecule has 3 aromatic rings. The highest BCUT2D eigenvalue weighted by Gasteiger charge is 2.20. The summed E-state index contributed by atoms with van der Waals surface area (Å²) in [4.78, 5) is 26.8. The third-order valence-corrected chi connectivity index (χ3v) is 3.99. The number of aromatic nitrogens is 1. The molecule has 0 aliphatic rings. The van der Waals surface area contributed by atoms with Crippen LogP contribution in [0, 0.1) is 0 Å². The number of hydrogen-bond donors (Lipinski definition) is 1. The number of benzene rings is 2. The number of nitrogens with zero attached hydrogens (tertiary/aromatic N) is 2. The molecular formula is C19H19N3O2. The molecule has 0 fully saturated rings. The van der Waals surface area contributed by atoms with Gasteiger partial charge < -0.3 is 14.8 Å². The van der Waals surface area contributed by atoms with Crippen molar-refractivity contribution in [3.05, 3.63) is 60.3 Å². The fraction of sp³-hybridized carbons (Fsp3) is 0.158. The first-order valence-electron chi connectivity index (χ1n) is 7.64. The molecule has 2 aromatic carbocycles. The van der Waals surface area contributed by atoms with Gasteiger partial charge in [0.05, 0.1) is 5.56 Å². The second-order valence-corrected chi connectivity index (χ2v) is 5.90. The molecule has 0 unspecified atom stereocenters. The summed E-state index contributed by atoms with van der Waals surface area (Å²) in [6, 6.07) is 14.9. The van der Waals surface area contributed by atoms with Crippen molar-refractivity contribution in [3.63, 3.8) is 0 Å². The minimum absolute atomic E-state index is 0.413. The Labute approximate surface area is 140 Å². The lowest BCUT2D eigenvalue weighted by Gasteiger charge is -2.12. The summed E-state index contributed by atoms with van der Waals surface area (Å²) in [5, 5.41) is 3.44. The fourth-order valence-electron chi connectivity index (χ4n) is 2.68. The maximum Gasteiger partial charge on any atom is 0.296 e. The maximum absolute atomic E-state index is 12.5. The van der Waals surface area contributed by atoms with Gasteiger partial charge >= 0.3 is 0 Å². The number of rotatable bonds is 4. The Bertz CT molecular complexity index is 908. The highest BCUT2D eigenvalue weighted by Crippen LogP contribution is 2.21. The predicted molar refractivity (Wildman–Crippen MR) is 96.6 cm³/mol. The van der Waals surface area contributed by atoms with E-state index in [0.29, 0.717) is 11.3 Å². The second kappa shape index (κ2) is 6.20. The molecule has 0 saturated carbocycles. The van der Waals surface area contributed by atoms with Gasteiger partial charge in [-0.1, -0.05) is 18.2 Å². The number of nitrogens with one attached hydrogen (secondary N) is 1. The number of carbonyl (C=O) groups excluding carboxylic acids is 2. The van der Waals surface area contributed by atoms with Crippen LogP contribution in [-0.4, -0.2) is 30.4 Å². The number of ketones is 1. The van der Waals surface area contributed by atoms with Crippen molar-refractivity contribution >= 4 is 34.0 Å². The average molecular weight is 321 g/mol. The Morgan fingerprint density at radius 2 is 1.67 bits per heavy atom. The van der Waals surface area contributed by atoms with E-state index in [-0.39, 0.29) is 0 Å². The molecule has 0 bridgehead atoms. The Hall–Kier alpha value is -3.08. The zero-order valence-electron chi connectivity index (χ0n) is 13.9. The predicted octanol–water partition coefficient (Wildman–Crippen LogP) is 3.07. The zero-order chi connectivity index (χ0) is 17.3. The van der Waals surface area contributed by atoms with Crippen LogP contribution < -0.4 is 10.2 Å². The number of aryl methyl sites for hydroxylation is 1. The number of Topliss-reactive ketones (excluding diaryl/α,β-unsaturated/α-hetero) is 1. The molecule has 0 saturated heterocycles. The summed E-state index contributed by atoms with van der Waals surface area (Å²) in [6.07, 6.45) is 1.70. The molecule has 0 atom stereocenters. The minimum atomic E-state index is -0.635. The molecule has 1 heterocycles. The highest BCUT2D eigenvalue weighted by atomic mass is 16.2. The molecule has 1 N–H and O–H groups in total. The van der Waals surface area contributed by atoms with Crippen LogP contribution in [0.3, 0.4) is 0 Å². The first kappa shape index (κ1) is 15.8. The molecule has 0 radical (unpaired) electrons. The Morgan fingerprint density at radius 1 is 1.00 bits per heavy atom. The number of anilines is 2. The molecule has 122 valence electrons. The summed E-state index contributed by atoms with van der Waals surface area (Å²) in [5.74, 6) is -1.17. The molecule has 0 aliphatic carbocycles. The molecule has 5 nitrogen and oxygen atoms in total. The summed E-state index contributed by atoms with van der Waals surface area (Å²) in [5.41, 5.74) is 2.95. The van der Waals surface area contributed by atoms with E-state index in [1.807, 2.05) is 67.0 Å². The smallest absolute Gasteiger partial charge is 0.296 e. The Balaban J connectivity index is 1.83. The van der Waals surface area contributed by atoms with Crippen molar-refractivity contribution in [2.45, 2.75) is 0 Å². The van der Waals surface area contributed by atoms with Crippen LogP contribution in [0.2, 0.25) is 0 Å². The fourth-order valence-corrected chi connectivity index (χ4v) is 2.68. The number of carbonyl (C=O) groups is 2. The van der Waals surface area contributed by atoms with Crippen molar-refractivity contribution in [1.29, 1.82) is 0 Å². The van der Waals surface area contributed by atoms with Gasteiger partial charge in [-0.25, -0.2) is 0 Å². The zero-order valence-corrected chi connectivity index (χ0v) is 13.9. The van der Waals surface area contributed by atoms with E-state index in [2.05, 4.69) is 5.32 Å². The lowest BCUT2D eigenvalue weighted by molar-refractivity contribution is -0.112. The van der Waals surface area contributed by atoms with Crippen molar-refractivity contribution < 1.29 is 9.59 Å². The van der Waals surface area contributed by atoms with Crippen LogP contribution in [0.5, 0.6) is 0 Å².